The SMILES string of the molecule is CCCNc1snc(N)c1C(=O)NC(C)C. The van der Waals surface area contributed by atoms with Crippen LogP contribution < -0.4 is 16.4 Å². The number of nitrogens with two attached hydrogens (primary N) is 1. The highest BCUT2D eigenvalue weighted by atomic mass is 32.1. The fourth-order valence-corrected chi connectivity index (χ4v) is 1.95. The van der Waals surface area contributed by atoms with E-state index in [1.54, 1.807) is 0 Å². The Kier molecular flexibility index (Phi) is 4.54. The molecule has 6 heteroatoms. The summed E-state index contributed by atoms with van der Waals surface area (Å²) < 4.78 is 3.99. The summed E-state index contributed by atoms with van der Waals surface area (Å²) in [6.07, 6.45) is 0.989. The van der Waals surface area contributed by atoms with Gasteiger partial charge in [-0.15, -0.1) is 0 Å². The van der Waals surface area contributed by atoms with E-state index in [-0.39, 0.29) is 11.9 Å². The summed E-state index contributed by atoms with van der Waals surface area (Å²) in [5.41, 5.74) is 6.15. The topological polar surface area (TPSA) is 80.0 Å². The largest absolute Gasteiger partial charge is 0.382 e. The van der Waals surface area contributed by atoms with Gasteiger partial charge in [-0.1, -0.05) is 6.92 Å². The van der Waals surface area contributed by atoms with Gasteiger partial charge in [0.1, 0.15) is 10.6 Å². The lowest BCUT2D eigenvalue weighted by atomic mass is 10.2. The number of anilines is 2. The molecule has 0 saturated heterocycles. The number of nitrogens with zero attached hydrogens (tertiary/aromatic N) is 1. The molecule has 0 bridgehead atoms. The van der Waals surface area contributed by atoms with Crippen molar-refractivity contribution in [1.82, 2.24) is 9.69 Å². The minimum Gasteiger partial charge on any atom is -0.382 e. The first-order valence-electron chi connectivity index (χ1n) is 5.36. The zero-order valence-electron chi connectivity index (χ0n) is 9.83. The third-order valence-corrected chi connectivity index (χ3v) is 2.72. The Balaban J connectivity index is 2.84. The van der Waals surface area contributed by atoms with Gasteiger partial charge in [0.05, 0.1) is 0 Å². The smallest absolute Gasteiger partial charge is 0.258 e. The molecule has 0 aliphatic carbocycles. The van der Waals surface area contributed by atoms with Crippen LogP contribution in [-0.2, 0) is 0 Å². The Morgan fingerprint density at radius 3 is 2.81 bits per heavy atom. The van der Waals surface area contributed by atoms with Gasteiger partial charge in [0.25, 0.3) is 5.91 Å². The molecule has 0 saturated carbocycles. The number of carbonyl (C=O) groups is 1. The number of nitrogens with one attached hydrogen (secondary N) is 2. The predicted octanol–water partition coefficient (Wildman–Crippen LogP) is 1.69. The standard InChI is InChI=1S/C10H18N4OS/c1-4-5-12-10-7(8(11)14-16-10)9(15)13-6(2)3/h6,12H,4-5H2,1-3H3,(H2,11,14)(H,13,15). The molecule has 1 amide bonds. The van der Waals surface area contributed by atoms with E-state index in [1.807, 2.05) is 13.8 Å². The number of carbonyl (C=O) groups excluding carboxylic acids is 1. The van der Waals surface area contributed by atoms with Crippen molar-refractivity contribution >= 4 is 28.3 Å². The normalized spacial score (nSPS) is 10.5. The van der Waals surface area contributed by atoms with E-state index in [9.17, 15) is 4.79 Å². The summed E-state index contributed by atoms with van der Waals surface area (Å²) in [6, 6.07) is 0.0887. The van der Waals surface area contributed by atoms with Crippen LogP contribution in [0.3, 0.4) is 0 Å². The summed E-state index contributed by atoms with van der Waals surface area (Å²) in [5, 5.41) is 6.71. The van der Waals surface area contributed by atoms with Crippen molar-refractivity contribution in [2.75, 3.05) is 17.6 Å². The maximum Gasteiger partial charge on any atom is 0.258 e. The van der Waals surface area contributed by atoms with Crippen LogP contribution in [0, 0.1) is 0 Å². The second-order valence-corrected chi connectivity index (χ2v) is 4.60. The van der Waals surface area contributed by atoms with Gasteiger partial charge in [0, 0.05) is 12.6 Å². The molecule has 1 rings (SSSR count). The molecule has 4 N–H and O–H groups in total. The first kappa shape index (κ1) is 12.8. The van der Waals surface area contributed by atoms with E-state index >= 15 is 0 Å². The predicted molar refractivity (Wildman–Crippen MR) is 67.9 cm³/mol. The number of rotatable bonds is 5. The summed E-state index contributed by atoms with van der Waals surface area (Å²) in [4.78, 5) is 11.9. The lowest BCUT2D eigenvalue weighted by Crippen LogP contribution is -2.30. The average Bonchev–Trinajstić information content (AvgIpc) is 2.55. The van der Waals surface area contributed by atoms with Crippen molar-refractivity contribution in [2.24, 2.45) is 0 Å². The number of hydrogen-bond acceptors (Lipinski definition) is 5. The van der Waals surface area contributed by atoms with Crippen molar-refractivity contribution in [1.29, 1.82) is 0 Å². The first-order chi connectivity index (χ1) is 7.56. The molecule has 0 unspecified atom stereocenters. The average molecular weight is 242 g/mol. The first-order valence-corrected chi connectivity index (χ1v) is 6.13. The third kappa shape index (κ3) is 3.10. The number of nitrogen functional groups attached to an aromatic ring is 1. The van der Waals surface area contributed by atoms with E-state index in [0.717, 1.165) is 18.0 Å². The third-order valence-electron chi connectivity index (χ3n) is 1.90. The Morgan fingerprint density at radius 1 is 1.56 bits per heavy atom. The van der Waals surface area contributed by atoms with Crippen LogP contribution in [0.4, 0.5) is 10.8 Å². The molecule has 0 fully saturated rings. The summed E-state index contributed by atoms with van der Waals surface area (Å²) in [7, 11) is 0. The van der Waals surface area contributed by atoms with E-state index in [1.165, 1.54) is 11.5 Å². The Labute approximate surface area is 99.6 Å². The molecule has 0 atom stereocenters. The number of hydrogen-bond donors (Lipinski definition) is 3. The minimum absolute atomic E-state index is 0.0887. The van der Waals surface area contributed by atoms with Crippen LogP contribution in [0.25, 0.3) is 0 Å². The minimum atomic E-state index is -0.167. The van der Waals surface area contributed by atoms with E-state index in [2.05, 4.69) is 21.9 Å². The monoisotopic (exact) mass is 242 g/mol. The van der Waals surface area contributed by atoms with Crippen LogP contribution in [-0.4, -0.2) is 22.9 Å². The lowest BCUT2D eigenvalue weighted by Gasteiger charge is -2.09. The summed E-state index contributed by atoms with van der Waals surface area (Å²) in [5.74, 6) is 0.126. The summed E-state index contributed by atoms with van der Waals surface area (Å²) >= 11 is 1.22. The molecule has 0 aromatic carbocycles. The maximum absolute atomic E-state index is 11.9. The molecule has 0 aliphatic rings. The van der Waals surface area contributed by atoms with Gasteiger partial charge in [-0.25, -0.2) is 0 Å². The molecule has 1 heterocycles. The zero-order chi connectivity index (χ0) is 12.1. The zero-order valence-corrected chi connectivity index (χ0v) is 10.6. The molecular weight excluding hydrogens is 224 g/mol. The molecule has 1 aromatic rings. The highest BCUT2D eigenvalue weighted by Gasteiger charge is 2.19. The van der Waals surface area contributed by atoms with Gasteiger partial charge >= 0.3 is 0 Å². The highest BCUT2D eigenvalue weighted by molar-refractivity contribution is 7.11. The van der Waals surface area contributed by atoms with Crippen LogP contribution >= 0.6 is 11.5 Å². The maximum atomic E-state index is 11.9. The van der Waals surface area contributed by atoms with Gasteiger partial charge in [-0.2, -0.15) is 4.37 Å². The molecule has 16 heavy (non-hydrogen) atoms. The van der Waals surface area contributed by atoms with Gasteiger partial charge < -0.3 is 16.4 Å². The lowest BCUT2D eigenvalue weighted by molar-refractivity contribution is 0.0945. The molecule has 5 nitrogen and oxygen atoms in total. The van der Waals surface area contributed by atoms with Gasteiger partial charge in [0.15, 0.2) is 5.82 Å². The van der Waals surface area contributed by atoms with Crippen LogP contribution in [0.2, 0.25) is 0 Å². The van der Waals surface area contributed by atoms with E-state index < -0.39 is 0 Å². The van der Waals surface area contributed by atoms with Crippen molar-refractivity contribution in [3.8, 4) is 0 Å². The van der Waals surface area contributed by atoms with Crippen LogP contribution in [0.1, 0.15) is 37.6 Å². The van der Waals surface area contributed by atoms with E-state index in [0.29, 0.717) is 11.4 Å². The van der Waals surface area contributed by atoms with Crippen molar-refractivity contribution in [2.45, 2.75) is 33.2 Å². The fourth-order valence-electron chi connectivity index (χ4n) is 1.22. The highest BCUT2D eigenvalue weighted by Crippen LogP contribution is 2.26. The molecular formula is C10H18N4OS. The Bertz CT molecular complexity index is 362. The fraction of sp³-hybridized carbons (Fsp3) is 0.600. The van der Waals surface area contributed by atoms with Crippen molar-refractivity contribution in [3.63, 3.8) is 0 Å². The molecule has 90 valence electrons. The second kappa shape index (κ2) is 5.69. The number of amides is 1. The van der Waals surface area contributed by atoms with Crippen molar-refractivity contribution < 1.29 is 4.79 Å². The van der Waals surface area contributed by atoms with Crippen LogP contribution in [0.15, 0.2) is 0 Å². The van der Waals surface area contributed by atoms with Gasteiger partial charge in [-0.05, 0) is 31.8 Å². The molecule has 0 radical (unpaired) electrons. The Morgan fingerprint density at radius 2 is 2.25 bits per heavy atom. The Hall–Kier alpha value is -1.30. The van der Waals surface area contributed by atoms with Crippen LogP contribution in [0.5, 0.6) is 0 Å². The molecule has 0 aliphatic heterocycles. The van der Waals surface area contributed by atoms with Crippen molar-refractivity contribution in [3.05, 3.63) is 5.56 Å². The second-order valence-electron chi connectivity index (χ2n) is 3.83. The van der Waals surface area contributed by atoms with E-state index in [4.69, 9.17) is 5.73 Å². The molecule has 1 aromatic heterocycles. The van der Waals surface area contributed by atoms with Gasteiger partial charge in [-0.3, -0.25) is 4.79 Å². The summed E-state index contributed by atoms with van der Waals surface area (Å²) in [6.45, 7) is 6.69. The quantitative estimate of drug-likeness (QED) is 0.734. The van der Waals surface area contributed by atoms with Gasteiger partial charge in [0.2, 0.25) is 0 Å². The number of aromatic nitrogens is 1. The molecule has 0 spiro atoms.